The van der Waals surface area contributed by atoms with E-state index in [0.717, 1.165) is 0 Å². The molecule has 0 unspecified atom stereocenters. The van der Waals surface area contributed by atoms with Crippen molar-refractivity contribution >= 4 is 33.2 Å². The second-order valence-electron chi connectivity index (χ2n) is 4.31. The molecule has 2 aromatic rings. The number of hydrogen-bond acceptors (Lipinski definition) is 5. The number of nitrogen functional groups attached to an aromatic ring is 1. The summed E-state index contributed by atoms with van der Waals surface area (Å²) in [5, 5.41) is 13.1. The molecule has 0 atom stereocenters. The molecule has 0 saturated carbocycles. The molecule has 120 valence electrons. The lowest BCUT2D eigenvalue weighted by atomic mass is 10.2. The molecule has 0 aromatic heterocycles. The highest BCUT2D eigenvalue weighted by atomic mass is 35.5. The third-order valence-electron chi connectivity index (χ3n) is 2.73. The normalized spacial score (nSPS) is 12.0. The highest BCUT2D eigenvalue weighted by Crippen LogP contribution is 2.15. The minimum atomic E-state index is -4.11. The molecule has 0 aliphatic rings. The van der Waals surface area contributed by atoms with Crippen molar-refractivity contribution in [3.8, 4) is 0 Å². The fourth-order valence-electron chi connectivity index (χ4n) is 1.60. The zero-order chi connectivity index (χ0) is 17.0. The Labute approximate surface area is 136 Å². The fraction of sp³-hybridized carbons (Fsp3) is 0. The van der Waals surface area contributed by atoms with Gasteiger partial charge in [0.15, 0.2) is 0 Å². The Morgan fingerprint density at radius 3 is 2.48 bits per heavy atom. The van der Waals surface area contributed by atoms with E-state index in [1.54, 1.807) is 0 Å². The summed E-state index contributed by atoms with van der Waals surface area (Å²) in [6, 6.07) is 10.7. The summed E-state index contributed by atoms with van der Waals surface area (Å²) in [4.78, 5) is 9.98. The fourth-order valence-corrected chi connectivity index (χ4v) is 2.49. The van der Waals surface area contributed by atoms with E-state index in [4.69, 9.17) is 17.3 Å². The smallest absolute Gasteiger partial charge is 0.284 e. The van der Waals surface area contributed by atoms with E-state index < -0.39 is 15.0 Å². The molecule has 0 aliphatic carbocycles. The van der Waals surface area contributed by atoms with Crippen LogP contribution >= 0.6 is 11.6 Å². The molecule has 3 N–H and O–H groups in total. The third-order valence-corrected chi connectivity index (χ3v) is 4.14. The minimum Gasteiger partial charge on any atom is -0.284 e. The maximum Gasteiger partial charge on any atom is 0.375 e. The lowest BCUT2D eigenvalue weighted by Crippen LogP contribution is -2.75. The van der Waals surface area contributed by atoms with E-state index >= 15 is 0 Å². The molecule has 8 nitrogen and oxygen atoms in total. The number of nitro benzene ring substituents is 1. The van der Waals surface area contributed by atoms with E-state index in [1.165, 1.54) is 48.5 Å². The van der Waals surface area contributed by atoms with Crippen molar-refractivity contribution in [3.63, 3.8) is 0 Å². The van der Waals surface area contributed by atoms with Gasteiger partial charge in [0.1, 0.15) is 4.90 Å². The average molecular weight is 357 g/mol. The van der Waals surface area contributed by atoms with Gasteiger partial charge in [0.25, 0.3) is 5.69 Å². The molecule has 0 spiro atoms. The second kappa shape index (κ2) is 6.63. The lowest BCUT2D eigenvalue weighted by molar-refractivity contribution is -0.704. The first kappa shape index (κ1) is 16.7. The summed E-state index contributed by atoms with van der Waals surface area (Å²) >= 11 is 5.68. The van der Waals surface area contributed by atoms with Crippen molar-refractivity contribution in [2.75, 3.05) is 0 Å². The first-order valence-electron chi connectivity index (χ1n) is 6.12. The number of hydrogen-bond donors (Lipinski definition) is 2. The highest BCUT2D eigenvalue weighted by Gasteiger charge is 2.18. The van der Waals surface area contributed by atoms with E-state index in [-0.39, 0.29) is 22.0 Å². The van der Waals surface area contributed by atoms with Crippen LogP contribution in [0, 0.1) is 10.1 Å². The average Bonchev–Trinajstić information content (AvgIpc) is 2.53. The Bertz CT molecular complexity index is 865. The Kier molecular flexibility index (Phi) is 4.82. The van der Waals surface area contributed by atoms with Crippen molar-refractivity contribution in [1.29, 1.82) is 0 Å². The number of benzene rings is 2. The Morgan fingerprint density at radius 1 is 1.22 bits per heavy atom. The minimum absolute atomic E-state index is 0.124. The van der Waals surface area contributed by atoms with Crippen molar-refractivity contribution in [1.82, 2.24) is 0 Å². The van der Waals surface area contributed by atoms with Crippen LogP contribution in [0.3, 0.4) is 0 Å². The molecular formula is C13H11ClN3O5S+. The second-order valence-corrected chi connectivity index (χ2v) is 6.30. The highest BCUT2D eigenvalue weighted by molar-refractivity contribution is 7.86. The van der Waals surface area contributed by atoms with Gasteiger partial charge >= 0.3 is 16.0 Å². The molecule has 0 heterocycles. The van der Waals surface area contributed by atoms with Crippen LogP contribution < -0.4 is 10.9 Å². The van der Waals surface area contributed by atoms with Gasteiger partial charge in [0, 0.05) is 17.2 Å². The van der Waals surface area contributed by atoms with Gasteiger partial charge in [0.05, 0.1) is 10.5 Å². The molecule has 0 bridgehead atoms. The maximum absolute atomic E-state index is 11.9. The van der Waals surface area contributed by atoms with Crippen molar-refractivity contribution in [2.24, 2.45) is 5.73 Å². The summed E-state index contributed by atoms with van der Waals surface area (Å²) in [6.07, 6.45) is 0. The first-order chi connectivity index (χ1) is 10.8. The van der Waals surface area contributed by atoms with Gasteiger partial charge in [-0.25, -0.2) is 4.28 Å². The largest absolute Gasteiger partial charge is 0.375 e. The van der Waals surface area contributed by atoms with Crippen LogP contribution in [0.5, 0.6) is 0 Å². The number of nitrogens with two attached hydrogens (primary N) is 1. The van der Waals surface area contributed by atoms with Gasteiger partial charge in [-0.05, 0) is 30.3 Å². The maximum atomic E-state index is 11.9. The van der Waals surface area contributed by atoms with E-state index in [1.807, 2.05) is 0 Å². The summed E-state index contributed by atoms with van der Waals surface area (Å²) < 4.78 is 28.5. The first-order valence-corrected chi connectivity index (χ1v) is 7.90. The van der Waals surface area contributed by atoms with Gasteiger partial charge in [-0.15, -0.1) is 0 Å². The van der Waals surface area contributed by atoms with Crippen molar-refractivity contribution < 1.29 is 22.8 Å². The molecule has 0 aliphatic heterocycles. The molecule has 0 fully saturated rings. The monoisotopic (exact) mass is 356 g/mol. The molecule has 0 radical (unpaired) electrons. The van der Waals surface area contributed by atoms with Gasteiger partial charge in [-0.1, -0.05) is 22.8 Å². The van der Waals surface area contributed by atoms with Crippen LogP contribution in [-0.2, 0) is 14.4 Å². The molecule has 0 saturated heterocycles. The van der Waals surface area contributed by atoms with Crippen LogP contribution in [0.2, 0.25) is 5.02 Å². The number of nitro groups is 1. The standard InChI is InChI=1S/C13H10ClN3O5S/c14-10-4-6-12(7-5-10)23(20,21)22-16-13(15)9-2-1-3-11(8-9)17(18)19/h1-8H,(H2,15,16)/p+1. The summed E-state index contributed by atoms with van der Waals surface area (Å²) in [5.41, 5.74) is 5.67. The molecule has 0 amide bonds. The summed E-state index contributed by atoms with van der Waals surface area (Å²) in [7, 11) is -4.11. The van der Waals surface area contributed by atoms with Crippen LogP contribution in [-0.4, -0.2) is 19.2 Å². The number of rotatable bonds is 5. The van der Waals surface area contributed by atoms with Crippen LogP contribution in [0.25, 0.3) is 0 Å². The SMILES string of the molecule is NC(=[NH+]OS(=O)(=O)c1ccc(Cl)cc1)c1cccc([N+](=O)[O-])c1. The number of non-ortho nitro benzene ring substituents is 1. The molecule has 2 rings (SSSR count). The number of amidine groups is 1. The molecule has 10 heteroatoms. The summed E-state index contributed by atoms with van der Waals surface area (Å²) in [5.74, 6) is -0.189. The van der Waals surface area contributed by atoms with E-state index in [0.29, 0.717) is 5.02 Å². The third kappa shape index (κ3) is 4.18. The zero-order valence-corrected chi connectivity index (χ0v) is 13.0. The van der Waals surface area contributed by atoms with Gasteiger partial charge in [-0.3, -0.25) is 15.8 Å². The number of halogens is 1. The predicted octanol–water partition coefficient (Wildman–Crippen LogP) is 0.355. The van der Waals surface area contributed by atoms with Gasteiger partial charge < -0.3 is 0 Å². The van der Waals surface area contributed by atoms with Crippen LogP contribution in [0.1, 0.15) is 5.56 Å². The molecule has 23 heavy (non-hydrogen) atoms. The predicted molar refractivity (Wildman–Crippen MR) is 82.1 cm³/mol. The zero-order valence-electron chi connectivity index (χ0n) is 11.5. The van der Waals surface area contributed by atoms with Crippen molar-refractivity contribution in [3.05, 3.63) is 69.2 Å². The Balaban J connectivity index is 2.23. The topological polar surface area (TPSA) is 126 Å². The molecular weight excluding hydrogens is 346 g/mol. The lowest BCUT2D eigenvalue weighted by Gasteiger charge is -2.01. The Hall–Kier alpha value is -2.65. The van der Waals surface area contributed by atoms with Crippen LogP contribution in [0.4, 0.5) is 5.69 Å². The van der Waals surface area contributed by atoms with Gasteiger partial charge in [0.2, 0.25) is 0 Å². The summed E-state index contributed by atoms with van der Waals surface area (Å²) in [6.45, 7) is 0. The van der Waals surface area contributed by atoms with E-state index in [2.05, 4.69) is 9.44 Å². The van der Waals surface area contributed by atoms with Crippen molar-refractivity contribution in [2.45, 2.75) is 4.90 Å². The number of nitrogens with zero attached hydrogens (tertiary/aromatic N) is 1. The van der Waals surface area contributed by atoms with Crippen LogP contribution in [0.15, 0.2) is 53.4 Å². The quantitative estimate of drug-likeness (QED) is 0.344. The molecule has 2 aromatic carbocycles. The Morgan fingerprint density at radius 2 is 1.87 bits per heavy atom. The number of nitrogens with one attached hydrogen (secondary N) is 1. The van der Waals surface area contributed by atoms with E-state index in [9.17, 15) is 18.5 Å². The van der Waals surface area contributed by atoms with Gasteiger partial charge in [-0.2, -0.15) is 8.42 Å².